The molecule has 0 spiro atoms. The molecule has 0 aliphatic carbocycles. The van der Waals surface area contributed by atoms with E-state index >= 15 is 0 Å². The molecular weight excluding hydrogens is 329 g/mol. The summed E-state index contributed by atoms with van der Waals surface area (Å²) in [4.78, 5) is 13.2. The van der Waals surface area contributed by atoms with Crippen LogP contribution in [0.15, 0.2) is 75.9 Å². The molecule has 130 valence electrons. The van der Waals surface area contributed by atoms with Crippen molar-refractivity contribution in [3.05, 3.63) is 94.1 Å². The van der Waals surface area contributed by atoms with Crippen LogP contribution in [0.4, 0.5) is 4.39 Å². The van der Waals surface area contributed by atoms with Crippen LogP contribution in [0, 0.1) is 5.82 Å². The van der Waals surface area contributed by atoms with Gasteiger partial charge in [0.05, 0.1) is 7.05 Å². The predicted octanol–water partition coefficient (Wildman–Crippen LogP) is 3.30. The molecule has 1 aromatic heterocycles. The van der Waals surface area contributed by atoms with Gasteiger partial charge in [0.1, 0.15) is 24.5 Å². The highest BCUT2D eigenvalue weighted by Crippen LogP contribution is 2.27. The van der Waals surface area contributed by atoms with E-state index in [-0.39, 0.29) is 11.4 Å². The minimum absolute atomic E-state index is 0.232. The summed E-state index contributed by atoms with van der Waals surface area (Å²) >= 11 is 0. The minimum Gasteiger partial charge on any atom is -0.423 e. The number of halogens is 1. The average Bonchev–Trinajstić information content (AvgIpc) is 2.63. The number of quaternary nitrogens is 1. The van der Waals surface area contributed by atoms with E-state index in [4.69, 9.17) is 4.42 Å². The normalized spacial score (nSPS) is 12.5. The molecule has 26 heavy (non-hydrogen) atoms. The van der Waals surface area contributed by atoms with E-state index in [0.717, 1.165) is 33.8 Å². The zero-order valence-corrected chi connectivity index (χ0v) is 14.5. The maximum Gasteiger partial charge on any atom is 0.336 e. The van der Waals surface area contributed by atoms with Gasteiger partial charge >= 0.3 is 5.63 Å². The van der Waals surface area contributed by atoms with E-state index in [1.165, 1.54) is 17.0 Å². The molecule has 1 atom stereocenters. The molecule has 0 aliphatic heterocycles. The van der Waals surface area contributed by atoms with Gasteiger partial charge in [0.15, 0.2) is 0 Å². The molecule has 0 saturated heterocycles. The number of hydrogen-bond acceptors (Lipinski definition) is 2. The lowest BCUT2D eigenvalue weighted by atomic mass is 10.0. The molecule has 4 aromatic rings. The van der Waals surface area contributed by atoms with E-state index in [9.17, 15) is 9.18 Å². The molecule has 0 bridgehead atoms. The SMILES string of the molecule is C[NH+](Cc1ccc(F)cc1)Cc1cc(=O)oc2ccc3ccccc3c12. The van der Waals surface area contributed by atoms with Crippen molar-refractivity contribution in [2.75, 3.05) is 7.05 Å². The number of fused-ring (bicyclic) bond motifs is 3. The molecule has 4 rings (SSSR count). The van der Waals surface area contributed by atoms with E-state index in [2.05, 4.69) is 19.2 Å². The first-order valence-corrected chi connectivity index (χ1v) is 8.60. The Morgan fingerprint density at radius 3 is 2.54 bits per heavy atom. The van der Waals surface area contributed by atoms with E-state index in [0.29, 0.717) is 12.1 Å². The summed E-state index contributed by atoms with van der Waals surface area (Å²) in [5.74, 6) is -0.232. The summed E-state index contributed by atoms with van der Waals surface area (Å²) in [6.45, 7) is 1.42. The van der Waals surface area contributed by atoms with Crippen molar-refractivity contribution in [2.45, 2.75) is 13.1 Å². The van der Waals surface area contributed by atoms with Crippen molar-refractivity contribution >= 4 is 21.7 Å². The number of hydrogen-bond donors (Lipinski definition) is 1. The van der Waals surface area contributed by atoms with Gasteiger partial charge in [-0.15, -0.1) is 0 Å². The van der Waals surface area contributed by atoms with Crippen molar-refractivity contribution in [1.82, 2.24) is 0 Å². The molecule has 1 unspecified atom stereocenters. The molecule has 0 amide bonds. The van der Waals surface area contributed by atoms with Crippen molar-refractivity contribution in [2.24, 2.45) is 0 Å². The van der Waals surface area contributed by atoms with Crippen LogP contribution in [-0.2, 0) is 13.1 Å². The summed E-state index contributed by atoms with van der Waals surface area (Å²) < 4.78 is 18.5. The zero-order chi connectivity index (χ0) is 18.1. The van der Waals surface area contributed by atoms with Gasteiger partial charge in [-0.05, 0) is 29.0 Å². The van der Waals surface area contributed by atoms with Gasteiger partial charge in [-0.3, -0.25) is 0 Å². The maximum absolute atomic E-state index is 13.1. The van der Waals surface area contributed by atoms with Crippen LogP contribution in [0.1, 0.15) is 11.1 Å². The largest absolute Gasteiger partial charge is 0.423 e. The van der Waals surface area contributed by atoms with E-state index in [1.54, 1.807) is 18.2 Å². The molecule has 1 heterocycles. The standard InChI is InChI=1S/C22H18FNO2/c1-24(13-15-6-9-18(23)10-7-15)14-17-12-21(25)26-20-11-8-16-4-2-3-5-19(16)22(17)20/h2-12H,13-14H2,1H3/p+1. The summed E-state index contributed by atoms with van der Waals surface area (Å²) in [6.07, 6.45) is 0. The molecule has 0 fully saturated rings. The molecule has 0 aliphatic rings. The zero-order valence-electron chi connectivity index (χ0n) is 14.5. The fraction of sp³-hybridized carbons (Fsp3) is 0.136. The summed E-state index contributed by atoms with van der Waals surface area (Å²) in [5.41, 5.74) is 2.30. The van der Waals surface area contributed by atoms with Crippen LogP contribution in [-0.4, -0.2) is 7.05 Å². The van der Waals surface area contributed by atoms with Crippen LogP contribution in [0.2, 0.25) is 0 Å². The Labute approximate surface area is 150 Å². The first-order valence-electron chi connectivity index (χ1n) is 8.60. The van der Waals surface area contributed by atoms with Crippen LogP contribution in [0.5, 0.6) is 0 Å². The number of nitrogens with one attached hydrogen (secondary N) is 1. The highest BCUT2D eigenvalue weighted by atomic mass is 19.1. The lowest BCUT2D eigenvalue weighted by Gasteiger charge is -2.16. The Morgan fingerprint density at radius 2 is 1.73 bits per heavy atom. The van der Waals surface area contributed by atoms with Crippen LogP contribution < -0.4 is 10.5 Å². The van der Waals surface area contributed by atoms with Gasteiger partial charge < -0.3 is 9.32 Å². The summed E-state index contributed by atoms with van der Waals surface area (Å²) in [5, 5.41) is 3.19. The Morgan fingerprint density at radius 1 is 0.962 bits per heavy atom. The Balaban J connectivity index is 1.74. The van der Waals surface area contributed by atoms with Crippen molar-refractivity contribution < 1.29 is 13.7 Å². The van der Waals surface area contributed by atoms with Gasteiger partial charge in [0.25, 0.3) is 0 Å². The first kappa shape index (κ1) is 16.5. The van der Waals surface area contributed by atoms with Gasteiger partial charge in [-0.25, -0.2) is 9.18 Å². The Bertz CT molecular complexity index is 1130. The van der Waals surface area contributed by atoms with Crippen molar-refractivity contribution in [1.29, 1.82) is 0 Å². The topological polar surface area (TPSA) is 34.7 Å². The smallest absolute Gasteiger partial charge is 0.336 e. The van der Waals surface area contributed by atoms with Gasteiger partial charge in [0.2, 0.25) is 0 Å². The third-order valence-corrected chi connectivity index (χ3v) is 4.63. The lowest BCUT2D eigenvalue weighted by Crippen LogP contribution is -3.06. The van der Waals surface area contributed by atoms with Crippen LogP contribution in [0.3, 0.4) is 0 Å². The van der Waals surface area contributed by atoms with Crippen molar-refractivity contribution in [3.63, 3.8) is 0 Å². The van der Waals surface area contributed by atoms with Crippen LogP contribution in [0.25, 0.3) is 21.7 Å². The third kappa shape index (κ3) is 3.24. The maximum atomic E-state index is 13.1. The second-order valence-corrected chi connectivity index (χ2v) is 6.69. The molecule has 3 aromatic carbocycles. The summed E-state index contributed by atoms with van der Waals surface area (Å²) in [7, 11) is 2.06. The monoisotopic (exact) mass is 348 g/mol. The van der Waals surface area contributed by atoms with Crippen LogP contribution >= 0.6 is 0 Å². The predicted molar refractivity (Wildman–Crippen MR) is 101 cm³/mol. The second kappa shape index (κ2) is 6.73. The fourth-order valence-corrected chi connectivity index (χ4v) is 3.50. The highest BCUT2D eigenvalue weighted by molar-refractivity contribution is 6.06. The lowest BCUT2D eigenvalue weighted by molar-refractivity contribution is -0.907. The minimum atomic E-state index is -0.336. The van der Waals surface area contributed by atoms with Gasteiger partial charge in [-0.2, -0.15) is 0 Å². The molecule has 0 radical (unpaired) electrons. The summed E-state index contributed by atoms with van der Waals surface area (Å²) in [6, 6.07) is 20.1. The van der Waals surface area contributed by atoms with Crippen molar-refractivity contribution in [3.8, 4) is 0 Å². The molecule has 1 N–H and O–H groups in total. The molecule has 0 saturated carbocycles. The fourth-order valence-electron chi connectivity index (χ4n) is 3.50. The molecule has 3 nitrogen and oxygen atoms in total. The quantitative estimate of drug-likeness (QED) is 0.454. The Hall–Kier alpha value is -2.98. The van der Waals surface area contributed by atoms with E-state index < -0.39 is 0 Å². The first-order chi connectivity index (χ1) is 12.6. The third-order valence-electron chi connectivity index (χ3n) is 4.63. The number of benzene rings is 3. The highest BCUT2D eigenvalue weighted by Gasteiger charge is 2.13. The number of rotatable bonds is 4. The van der Waals surface area contributed by atoms with E-state index in [1.807, 2.05) is 24.3 Å². The molecular formula is C22H19FNO2+. The Kier molecular flexibility index (Phi) is 4.27. The average molecular weight is 348 g/mol. The van der Waals surface area contributed by atoms with Gasteiger partial charge in [0, 0.05) is 22.6 Å². The molecule has 4 heteroatoms. The van der Waals surface area contributed by atoms with Gasteiger partial charge in [-0.1, -0.05) is 42.5 Å². The second-order valence-electron chi connectivity index (χ2n) is 6.69.